The van der Waals surface area contributed by atoms with E-state index in [1.807, 2.05) is 4.57 Å². The summed E-state index contributed by atoms with van der Waals surface area (Å²) in [5, 5.41) is 2.86. The number of imidazole rings is 1. The first-order valence-electron chi connectivity index (χ1n) is 7.10. The molecule has 0 unspecified atom stereocenters. The maximum absolute atomic E-state index is 12.2. The maximum Gasteiger partial charge on any atom is 0.253 e. The van der Waals surface area contributed by atoms with E-state index in [0.29, 0.717) is 18.0 Å². The Balaban J connectivity index is 1.75. The van der Waals surface area contributed by atoms with Gasteiger partial charge in [0.15, 0.2) is 5.65 Å². The number of nitrogens with zero attached hydrogens (tertiary/aromatic N) is 4. The number of carbonyl (C=O) groups excluding carboxylic acids is 1. The van der Waals surface area contributed by atoms with Crippen molar-refractivity contribution in [1.29, 1.82) is 0 Å². The number of hydrogen-bond acceptors (Lipinski definition) is 5. The second kappa shape index (κ2) is 6.23. The molecule has 3 rings (SSSR count). The Hall–Kier alpha value is -2.28. The molecule has 0 aliphatic rings. The van der Waals surface area contributed by atoms with Crippen LogP contribution < -0.4 is 5.32 Å². The van der Waals surface area contributed by atoms with Gasteiger partial charge < -0.3 is 9.88 Å². The average Bonchev–Trinajstić information content (AvgIpc) is 3.14. The lowest BCUT2D eigenvalue weighted by Gasteiger charge is -2.07. The fraction of sp³-hybridized carbons (Fsp3) is 0.333. The van der Waals surface area contributed by atoms with Gasteiger partial charge in [-0.1, -0.05) is 13.8 Å². The number of pyridine rings is 1. The summed E-state index contributed by atoms with van der Waals surface area (Å²) < 4.78 is 2.01. The molecule has 0 saturated carbocycles. The number of thiazole rings is 1. The summed E-state index contributed by atoms with van der Waals surface area (Å²) in [6.45, 7) is 5.63. The summed E-state index contributed by atoms with van der Waals surface area (Å²) in [7, 11) is 0. The van der Waals surface area contributed by atoms with E-state index in [1.54, 1.807) is 30.3 Å². The average molecular weight is 315 g/mol. The van der Waals surface area contributed by atoms with Crippen molar-refractivity contribution in [2.24, 2.45) is 5.92 Å². The topological polar surface area (TPSA) is 72.7 Å². The number of rotatable bonds is 5. The quantitative estimate of drug-likeness (QED) is 0.785. The van der Waals surface area contributed by atoms with Gasteiger partial charge in [-0.15, -0.1) is 11.3 Å². The molecular weight excluding hydrogens is 298 g/mol. The molecule has 0 aliphatic carbocycles. The Bertz CT molecular complexity index is 778. The van der Waals surface area contributed by atoms with E-state index in [-0.39, 0.29) is 5.91 Å². The summed E-state index contributed by atoms with van der Waals surface area (Å²) in [5.41, 5.74) is 3.82. The molecule has 1 amide bonds. The summed E-state index contributed by atoms with van der Waals surface area (Å²) in [5.74, 6) is 0.364. The van der Waals surface area contributed by atoms with Crippen LogP contribution in [0.15, 0.2) is 30.3 Å². The molecule has 3 aromatic heterocycles. The molecule has 0 atom stereocenters. The van der Waals surface area contributed by atoms with Crippen molar-refractivity contribution >= 4 is 28.4 Å². The molecule has 0 aliphatic heterocycles. The van der Waals surface area contributed by atoms with Gasteiger partial charge in [-0.25, -0.2) is 9.97 Å². The fourth-order valence-corrected chi connectivity index (χ4v) is 2.73. The molecule has 7 heteroatoms. The van der Waals surface area contributed by atoms with Crippen LogP contribution in [0, 0.1) is 5.92 Å². The van der Waals surface area contributed by atoms with Gasteiger partial charge in [0.05, 0.1) is 23.9 Å². The monoisotopic (exact) mass is 315 g/mol. The number of aromatic nitrogens is 4. The Morgan fingerprint density at radius 3 is 2.95 bits per heavy atom. The third-order valence-corrected chi connectivity index (χ3v) is 3.97. The van der Waals surface area contributed by atoms with E-state index in [4.69, 9.17) is 0 Å². The molecule has 0 saturated heterocycles. The summed E-state index contributed by atoms with van der Waals surface area (Å²) in [6, 6.07) is 1.78. The van der Waals surface area contributed by atoms with Crippen molar-refractivity contribution in [1.82, 2.24) is 24.8 Å². The SMILES string of the molecule is CC(C)Cn1cnc2cc(C(=O)NCc3cncs3)cnc21. The van der Waals surface area contributed by atoms with E-state index in [0.717, 1.165) is 22.6 Å². The zero-order valence-corrected chi connectivity index (χ0v) is 13.3. The van der Waals surface area contributed by atoms with Crippen molar-refractivity contribution < 1.29 is 4.79 Å². The molecule has 1 N–H and O–H groups in total. The largest absolute Gasteiger partial charge is 0.347 e. The zero-order valence-electron chi connectivity index (χ0n) is 12.5. The standard InChI is InChI=1S/C15H17N5OS/c1-10(2)7-20-8-19-13-3-11(4-17-14(13)20)15(21)18-6-12-5-16-9-22-12/h3-5,8-10H,6-7H2,1-2H3,(H,18,21). The Morgan fingerprint density at radius 1 is 1.36 bits per heavy atom. The van der Waals surface area contributed by atoms with Gasteiger partial charge in [-0.2, -0.15) is 0 Å². The minimum Gasteiger partial charge on any atom is -0.347 e. The molecule has 3 aromatic rings. The summed E-state index contributed by atoms with van der Waals surface area (Å²) in [6.07, 6.45) is 5.12. The van der Waals surface area contributed by atoms with E-state index < -0.39 is 0 Å². The van der Waals surface area contributed by atoms with Gasteiger partial charge in [0.2, 0.25) is 0 Å². The predicted molar refractivity (Wildman–Crippen MR) is 85.7 cm³/mol. The first kappa shape index (κ1) is 14.6. The van der Waals surface area contributed by atoms with Crippen LogP contribution in [-0.4, -0.2) is 25.4 Å². The Labute approximate surface area is 132 Å². The van der Waals surface area contributed by atoms with Crippen molar-refractivity contribution in [2.75, 3.05) is 0 Å². The molecule has 3 heterocycles. The number of fused-ring (bicyclic) bond motifs is 1. The van der Waals surface area contributed by atoms with E-state index in [1.165, 1.54) is 11.3 Å². The number of hydrogen-bond donors (Lipinski definition) is 1. The second-order valence-corrected chi connectivity index (χ2v) is 6.48. The van der Waals surface area contributed by atoms with Crippen LogP contribution in [0.2, 0.25) is 0 Å². The maximum atomic E-state index is 12.2. The molecule has 0 bridgehead atoms. The Kier molecular flexibility index (Phi) is 4.15. The van der Waals surface area contributed by atoms with Gasteiger partial charge in [0.1, 0.15) is 5.52 Å². The van der Waals surface area contributed by atoms with Crippen LogP contribution in [0.4, 0.5) is 0 Å². The first-order valence-corrected chi connectivity index (χ1v) is 7.98. The van der Waals surface area contributed by atoms with Crippen LogP contribution in [-0.2, 0) is 13.1 Å². The highest BCUT2D eigenvalue weighted by molar-refractivity contribution is 7.09. The van der Waals surface area contributed by atoms with Crippen LogP contribution in [0.25, 0.3) is 11.2 Å². The molecule has 0 fully saturated rings. The van der Waals surface area contributed by atoms with Crippen molar-refractivity contribution in [3.05, 3.63) is 40.7 Å². The molecule has 0 spiro atoms. The van der Waals surface area contributed by atoms with Crippen LogP contribution in [0.3, 0.4) is 0 Å². The lowest BCUT2D eigenvalue weighted by molar-refractivity contribution is 0.0951. The third-order valence-electron chi connectivity index (χ3n) is 3.19. The van der Waals surface area contributed by atoms with E-state index >= 15 is 0 Å². The summed E-state index contributed by atoms with van der Waals surface area (Å²) in [4.78, 5) is 25.9. The normalized spacial score (nSPS) is 11.2. The van der Waals surface area contributed by atoms with E-state index in [2.05, 4.69) is 34.1 Å². The van der Waals surface area contributed by atoms with Gasteiger partial charge in [0.25, 0.3) is 5.91 Å². The molecule has 6 nitrogen and oxygen atoms in total. The van der Waals surface area contributed by atoms with Crippen LogP contribution >= 0.6 is 11.3 Å². The van der Waals surface area contributed by atoms with Crippen LogP contribution in [0.5, 0.6) is 0 Å². The molecule has 22 heavy (non-hydrogen) atoms. The minimum absolute atomic E-state index is 0.152. The number of carbonyl (C=O) groups is 1. The molecule has 0 radical (unpaired) electrons. The highest BCUT2D eigenvalue weighted by Gasteiger charge is 2.11. The highest BCUT2D eigenvalue weighted by atomic mass is 32.1. The molecule has 0 aromatic carbocycles. The van der Waals surface area contributed by atoms with Crippen LogP contribution in [0.1, 0.15) is 29.1 Å². The van der Waals surface area contributed by atoms with Gasteiger partial charge in [-0.3, -0.25) is 9.78 Å². The lowest BCUT2D eigenvalue weighted by atomic mass is 10.2. The van der Waals surface area contributed by atoms with Gasteiger partial charge >= 0.3 is 0 Å². The van der Waals surface area contributed by atoms with Crippen molar-refractivity contribution in [2.45, 2.75) is 26.9 Å². The van der Waals surface area contributed by atoms with Gasteiger partial charge in [0, 0.05) is 23.8 Å². The zero-order chi connectivity index (χ0) is 15.5. The smallest absolute Gasteiger partial charge is 0.253 e. The molecular formula is C15H17N5OS. The molecule has 114 valence electrons. The minimum atomic E-state index is -0.152. The highest BCUT2D eigenvalue weighted by Crippen LogP contribution is 2.14. The third kappa shape index (κ3) is 3.14. The number of amides is 1. The summed E-state index contributed by atoms with van der Waals surface area (Å²) >= 11 is 1.51. The van der Waals surface area contributed by atoms with Crippen molar-refractivity contribution in [3.8, 4) is 0 Å². The second-order valence-electron chi connectivity index (χ2n) is 5.51. The lowest BCUT2D eigenvalue weighted by Crippen LogP contribution is -2.22. The predicted octanol–water partition coefficient (Wildman–Crippen LogP) is 2.47. The van der Waals surface area contributed by atoms with Gasteiger partial charge in [-0.05, 0) is 12.0 Å². The van der Waals surface area contributed by atoms with Crippen molar-refractivity contribution in [3.63, 3.8) is 0 Å². The first-order chi connectivity index (χ1) is 10.6. The fourth-order valence-electron chi connectivity index (χ4n) is 2.20. The number of nitrogens with one attached hydrogen (secondary N) is 1. The Morgan fingerprint density at radius 2 is 2.23 bits per heavy atom. The van der Waals surface area contributed by atoms with E-state index in [9.17, 15) is 4.79 Å².